The van der Waals surface area contributed by atoms with Crippen LogP contribution in [-0.2, 0) is 14.8 Å². The van der Waals surface area contributed by atoms with Crippen LogP contribution in [0.1, 0.15) is 13.3 Å². The fourth-order valence-corrected chi connectivity index (χ4v) is 6.45. The number of piperazine rings is 1. The van der Waals surface area contributed by atoms with Gasteiger partial charge in [0, 0.05) is 55.3 Å². The Kier molecular flexibility index (Phi) is 6.29. The molecular weight excluding hydrogens is 442 g/mol. The molecule has 0 aromatic heterocycles. The molecule has 6 nitrogen and oxygen atoms in total. The van der Waals surface area contributed by atoms with Crippen molar-refractivity contribution in [2.75, 3.05) is 48.3 Å². The predicted octanol–water partition coefficient (Wildman–Crippen LogP) is 3.70. The molecule has 30 heavy (non-hydrogen) atoms. The number of carbonyl (C=O) groups is 1. The summed E-state index contributed by atoms with van der Waals surface area (Å²) in [6, 6.07) is 12.8. The standard InChI is InChI=1S/C21H24ClN3O3S2/c1-16(26)25-8-3-13-29-21-7-6-19(15-20(21)25)30(27,28)24-11-9-23(10-12-24)18-5-2-4-17(22)14-18/h2,4-7,14-15H,3,8-13H2,1H3. The lowest BCUT2D eigenvalue weighted by Gasteiger charge is -2.35. The fraction of sp³-hybridized carbons (Fsp3) is 0.381. The molecule has 1 amide bonds. The number of carbonyl (C=O) groups excluding carboxylic acids is 1. The second-order valence-electron chi connectivity index (χ2n) is 7.37. The molecular formula is C21H24ClN3O3S2. The van der Waals surface area contributed by atoms with Gasteiger partial charge in [-0.2, -0.15) is 4.31 Å². The van der Waals surface area contributed by atoms with Gasteiger partial charge in [0.2, 0.25) is 15.9 Å². The Balaban J connectivity index is 1.55. The number of hydrogen-bond donors (Lipinski definition) is 0. The van der Waals surface area contributed by atoms with Gasteiger partial charge >= 0.3 is 0 Å². The molecule has 2 aromatic rings. The van der Waals surface area contributed by atoms with Crippen molar-refractivity contribution < 1.29 is 13.2 Å². The molecule has 2 aromatic carbocycles. The van der Waals surface area contributed by atoms with Crippen molar-refractivity contribution in [3.63, 3.8) is 0 Å². The average molecular weight is 466 g/mol. The van der Waals surface area contributed by atoms with Gasteiger partial charge in [0.05, 0.1) is 10.6 Å². The minimum Gasteiger partial charge on any atom is -0.369 e. The lowest BCUT2D eigenvalue weighted by molar-refractivity contribution is -0.116. The van der Waals surface area contributed by atoms with Crippen LogP contribution >= 0.6 is 23.4 Å². The van der Waals surface area contributed by atoms with Crippen molar-refractivity contribution in [3.8, 4) is 0 Å². The Labute approximate surface area is 186 Å². The second kappa shape index (κ2) is 8.78. The molecule has 0 radical (unpaired) electrons. The number of fused-ring (bicyclic) bond motifs is 1. The molecule has 2 aliphatic rings. The number of amides is 1. The van der Waals surface area contributed by atoms with E-state index in [1.165, 1.54) is 11.2 Å². The molecule has 0 bridgehead atoms. The van der Waals surface area contributed by atoms with E-state index < -0.39 is 10.0 Å². The minimum absolute atomic E-state index is 0.0663. The lowest BCUT2D eigenvalue weighted by atomic mass is 10.2. The molecule has 160 valence electrons. The van der Waals surface area contributed by atoms with Crippen LogP contribution in [-0.4, -0.2) is 57.1 Å². The summed E-state index contributed by atoms with van der Waals surface area (Å²) >= 11 is 7.75. The minimum atomic E-state index is -3.64. The monoisotopic (exact) mass is 465 g/mol. The van der Waals surface area contributed by atoms with Crippen LogP contribution in [0.5, 0.6) is 0 Å². The summed E-state index contributed by atoms with van der Waals surface area (Å²) in [5.74, 6) is 0.845. The van der Waals surface area contributed by atoms with E-state index in [9.17, 15) is 13.2 Å². The summed E-state index contributed by atoms with van der Waals surface area (Å²) in [7, 11) is -3.64. The van der Waals surface area contributed by atoms with E-state index in [0.29, 0.717) is 43.4 Å². The Hall–Kier alpha value is -1.74. The SMILES string of the molecule is CC(=O)N1CCCSc2ccc(S(=O)(=O)N3CCN(c4cccc(Cl)c4)CC3)cc21. The Morgan fingerprint density at radius 3 is 2.50 bits per heavy atom. The fourth-order valence-electron chi connectivity index (χ4n) is 3.85. The number of rotatable bonds is 3. The summed E-state index contributed by atoms with van der Waals surface area (Å²) in [6.45, 7) is 4.13. The molecule has 1 saturated heterocycles. The van der Waals surface area contributed by atoms with Gasteiger partial charge < -0.3 is 9.80 Å². The largest absolute Gasteiger partial charge is 0.369 e. The summed E-state index contributed by atoms with van der Waals surface area (Å²) in [6.07, 6.45) is 0.881. The predicted molar refractivity (Wildman–Crippen MR) is 122 cm³/mol. The Morgan fingerprint density at radius 1 is 1.03 bits per heavy atom. The van der Waals surface area contributed by atoms with Crippen molar-refractivity contribution in [3.05, 3.63) is 47.5 Å². The van der Waals surface area contributed by atoms with E-state index in [2.05, 4.69) is 4.90 Å². The number of anilines is 2. The van der Waals surface area contributed by atoms with Crippen molar-refractivity contribution >= 4 is 50.7 Å². The molecule has 2 aliphatic heterocycles. The van der Waals surface area contributed by atoms with Crippen molar-refractivity contribution in [2.45, 2.75) is 23.1 Å². The molecule has 2 heterocycles. The molecule has 0 spiro atoms. The zero-order valence-corrected chi connectivity index (χ0v) is 19.1. The highest BCUT2D eigenvalue weighted by molar-refractivity contribution is 7.99. The van der Waals surface area contributed by atoms with E-state index in [-0.39, 0.29) is 10.8 Å². The maximum atomic E-state index is 13.3. The molecule has 9 heteroatoms. The van der Waals surface area contributed by atoms with Crippen LogP contribution in [0.15, 0.2) is 52.3 Å². The van der Waals surface area contributed by atoms with Crippen LogP contribution in [0.2, 0.25) is 5.02 Å². The zero-order chi connectivity index (χ0) is 21.3. The number of halogens is 1. The van der Waals surface area contributed by atoms with Crippen LogP contribution in [0.25, 0.3) is 0 Å². The molecule has 0 aliphatic carbocycles. The van der Waals surface area contributed by atoms with Gasteiger partial charge in [-0.05, 0) is 48.6 Å². The number of sulfonamides is 1. The quantitative estimate of drug-likeness (QED) is 0.691. The lowest BCUT2D eigenvalue weighted by Crippen LogP contribution is -2.48. The Morgan fingerprint density at radius 2 is 1.80 bits per heavy atom. The zero-order valence-electron chi connectivity index (χ0n) is 16.8. The van der Waals surface area contributed by atoms with Crippen LogP contribution in [0.4, 0.5) is 11.4 Å². The number of nitrogens with zero attached hydrogens (tertiary/aromatic N) is 3. The van der Waals surface area contributed by atoms with Crippen molar-refractivity contribution in [1.29, 1.82) is 0 Å². The highest BCUT2D eigenvalue weighted by Crippen LogP contribution is 2.36. The van der Waals surface area contributed by atoms with Gasteiger partial charge in [0.25, 0.3) is 0 Å². The van der Waals surface area contributed by atoms with E-state index in [4.69, 9.17) is 11.6 Å². The summed E-state index contributed by atoms with van der Waals surface area (Å²) < 4.78 is 28.1. The van der Waals surface area contributed by atoms with Crippen LogP contribution < -0.4 is 9.80 Å². The summed E-state index contributed by atoms with van der Waals surface area (Å²) in [4.78, 5) is 17.1. The van der Waals surface area contributed by atoms with Crippen molar-refractivity contribution in [2.24, 2.45) is 0 Å². The van der Waals surface area contributed by atoms with Gasteiger partial charge in [-0.25, -0.2) is 8.42 Å². The van der Waals surface area contributed by atoms with E-state index in [0.717, 1.165) is 22.8 Å². The van der Waals surface area contributed by atoms with Gasteiger partial charge in [0.15, 0.2) is 0 Å². The molecule has 0 atom stereocenters. The van der Waals surface area contributed by atoms with E-state index >= 15 is 0 Å². The maximum Gasteiger partial charge on any atom is 0.243 e. The third kappa shape index (κ3) is 4.32. The topological polar surface area (TPSA) is 60.9 Å². The molecule has 0 N–H and O–H groups in total. The summed E-state index contributed by atoms with van der Waals surface area (Å²) in [5.41, 5.74) is 1.70. The first-order valence-corrected chi connectivity index (χ1v) is 12.7. The normalized spacial score (nSPS) is 18.1. The average Bonchev–Trinajstić information content (AvgIpc) is 2.96. The number of thioether (sulfide) groups is 1. The number of benzene rings is 2. The highest BCUT2D eigenvalue weighted by Gasteiger charge is 2.30. The first-order chi connectivity index (χ1) is 14.4. The molecule has 1 fully saturated rings. The molecule has 0 unspecified atom stereocenters. The van der Waals surface area contributed by atoms with Crippen LogP contribution in [0, 0.1) is 0 Å². The highest BCUT2D eigenvalue weighted by atomic mass is 35.5. The van der Waals surface area contributed by atoms with E-state index in [1.807, 2.05) is 30.3 Å². The Bertz CT molecular complexity index is 1050. The third-order valence-corrected chi connectivity index (χ3v) is 8.71. The maximum absolute atomic E-state index is 13.3. The molecule has 4 rings (SSSR count). The van der Waals surface area contributed by atoms with Gasteiger partial charge in [-0.3, -0.25) is 4.79 Å². The van der Waals surface area contributed by atoms with E-state index in [1.54, 1.807) is 28.8 Å². The van der Waals surface area contributed by atoms with Gasteiger partial charge in [-0.1, -0.05) is 17.7 Å². The summed E-state index contributed by atoms with van der Waals surface area (Å²) in [5, 5.41) is 0.667. The first kappa shape index (κ1) is 21.5. The smallest absolute Gasteiger partial charge is 0.243 e. The van der Waals surface area contributed by atoms with Crippen LogP contribution in [0.3, 0.4) is 0 Å². The van der Waals surface area contributed by atoms with Gasteiger partial charge in [0.1, 0.15) is 0 Å². The second-order valence-corrected chi connectivity index (χ2v) is 10.9. The molecule has 0 saturated carbocycles. The third-order valence-electron chi connectivity index (χ3n) is 5.43. The van der Waals surface area contributed by atoms with Gasteiger partial charge in [-0.15, -0.1) is 11.8 Å². The van der Waals surface area contributed by atoms with Crippen molar-refractivity contribution in [1.82, 2.24) is 4.31 Å². The number of hydrogen-bond acceptors (Lipinski definition) is 5. The first-order valence-electron chi connectivity index (χ1n) is 9.92.